The summed E-state index contributed by atoms with van der Waals surface area (Å²) in [5.74, 6) is -0.209. The highest BCUT2D eigenvalue weighted by Crippen LogP contribution is 2.23. The molecule has 4 heteroatoms. The van der Waals surface area contributed by atoms with Crippen molar-refractivity contribution in [2.45, 2.75) is 39.2 Å². The third-order valence-electron chi connectivity index (χ3n) is 3.16. The van der Waals surface area contributed by atoms with Crippen molar-refractivity contribution in [2.75, 3.05) is 6.54 Å². The van der Waals surface area contributed by atoms with Gasteiger partial charge in [-0.15, -0.1) is 11.3 Å². The maximum Gasteiger partial charge on any atom is 0.123 e. The van der Waals surface area contributed by atoms with Gasteiger partial charge in [0.15, 0.2) is 0 Å². The van der Waals surface area contributed by atoms with E-state index in [0.29, 0.717) is 0 Å². The topological polar surface area (TPSA) is 24.9 Å². The molecule has 0 saturated heterocycles. The molecule has 0 amide bonds. The van der Waals surface area contributed by atoms with E-state index in [0.717, 1.165) is 29.4 Å². The number of unbranched alkanes of at least 4 members (excludes halogenated alkanes) is 3. The van der Waals surface area contributed by atoms with Gasteiger partial charge < -0.3 is 5.32 Å². The molecular formula is C16H21FN2S. The van der Waals surface area contributed by atoms with Crippen molar-refractivity contribution in [3.05, 3.63) is 41.2 Å². The molecule has 20 heavy (non-hydrogen) atoms. The van der Waals surface area contributed by atoms with Gasteiger partial charge in [0, 0.05) is 17.5 Å². The fourth-order valence-corrected chi connectivity index (χ4v) is 2.83. The first-order valence-corrected chi connectivity index (χ1v) is 8.08. The van der Waals surface area contributed by atoms with E-state index >= 15 is 0 Å². The zero-order valence-corrected chi connectivity index (χ0v) is 12.7. The zero-order chi connectivity index (χ0) is 14.2. The van der Waals surface area contributed by atoms with Crippen LogP contribution in [0.2, 0.25) is 0 Å². The predicted molar refractivity (Wildman–Crippen MR) is 83.4 cm³/mol. The Labute approximate surface area is 124 Å². The van der Waals surface area contributed by atoms with Crippen LogP contribution in [0, 0.1) is 5.82 Å². The van der Waals surface area contributed by atoms with Crippen molar-refractivity contribution in [1.82, 2.24) is 10.3 Å². The molecule has 1 aromatic heterocycles. The van der Waals surface area contributed by atoms with Crippen LogP contribution in [0.1, 0.15) is 38.3 Å². The van der Waals surface area contributed by atoms with Gasteiger partial charge in [0.1, 0.15) is 10.8 Å². The van der Waals surface area contributed by atoms with E-state index in [-0.39, 0.29) is 5.82 Å². The minimum Gasteiger partial charge on any atom is -0.311 e. The van der Waals surface area contributed by atoms with Crippen molar-refractivity contribution in [3.63, 3.8) is 0 Å². The van der Waals surface area contributed by atoms with Crippen LogP contribution in [0.25, 0.3) is 10.6 Å². The second-order valence-electron chi connectivity index (χ2n) is 4.89. The number of thiazole rings is 1. The lowest BCUT2D eigenvalue weighted by Crippen LogP contribution is -2.14. The standard InChI is InChI=1S/C16H21FN2S/c1-2-3-4-5-10-18-11-15-12-20-16(19-15)13-6-8-14(17)9-7-13/h6-9,12,18H,2-5,10-11H2,1H3. The summed E-state index contributed by atoms with van der Waals surface area (Å²) in [5, 5.41) is 6.44. The van der Waals surface area contributed by atoms with Crippen molar-refractivity contribution in [2.24, 2.45) is 0 Å². The molecule has 0 bridgehead atoms. The molecule has 2 aromatic rings. The first kappa shape index (κ1) is 15.1. The van der Waals surface area contributed by atoms with Gasteiger partial charge in [0.2, 0.25) is 0 Å². The van der Waals surface area contributed by atoms with Crippen LogP contribution >= 0.6 is 11.3 Å². The molecule has 0 aliphatic heterocycles. The van der Waals surface area contributed by atoms with Crippen LogP contribution in [-0.4, -0.2) is 11.5 Å². The number of benzene rings is 1. The molecule has 1 aromatic carbocycles. The van der Waals surface area contributed by atoms with Gasteiger partial charge in [-0.2, -0.15) is 0 Å². The molecule has 108 valence electrons. The number of nitrogens with one attached hydrogen (secondary N) is 1. The second-order valence-corrected chi connectivity index (χ2v) is 5.75. The molecule has 0 spiro atoms. The van der Waals surface area contributed by atoms with E-state index in [4.69, 9.17) is 0 Å². The Bertz CT molecular complexity index is 507. The summed E-state index contributed by atoms with van der Waals surface area (Å²) < 4.78 is 12.9. The highest BCUT2D eigenvalue weighted by atomic mass is 32.1. The molecule has 0 aliphatic rings. The summed E-state index contributed by atoms with van der Waals surface area (Å²) >= 11 is 1.61. The minimum atomic E-state index is -0.209. The third kappa shape index (κ3) is 4.69. The van der Waals surface area contributed by atoms with Gasteiger partial charge >= 0.3 is 0 Å². The van der Waals surface area contributed by atoms with E-state index in [2.05, 4.69) is 22.6 Å². The Kier molecular flexibility index (Phi) is 6.15. The summed E-state index contributed by atoms with van der Waals surface area (Å²) in [6, 6.07) is 6.50. The summed E-state index contributed by atoms with van der Waals surface area (Å²) in [6.45, 7) is 4.08. The largest absolute Gasteiger partial charge is 0.311 e. The Balaban J connectivity index is 1.79. The second kappa shape index (κ2) is 8.12. The van der Waals surface area contributed by atoms with Crippen LogP contribution in [0.3, 0.4) is 0 Å². The lowest BCUT2D eigenvalue weighted by atomic mass is 10.2. The Morgan fingerprint density at radius 3 is 2.70 bits per heavy atom. The van der Waals surface area contributed by atoms with Crippen LogP contribution < -0.4 is 5.32 Å². The first-order valence-electron chi connectivity index (χ1n) is 7.20. The van der Waals surface area contributed by atoms with Crippen LogP contribution in [0.5, 0.6) is 0 Å². The molecule has 2 rings (SSSR count). The summed E-state index contributed by atoms with van der Waals surface area (Å²) in [4.78, 5) is 4.58. The molecule has 0 aliphatic carbocycles. The third-order valence-corrected chi connectivity index (χ3v) is 4.10. The van der Waals surface area contributed by atoms with Crippen molar-refractivity contribution >= 4 is 11.3 Å². The van der Waals surface area contributed by atoms with E-state index < -0.39 is 0 Å². The maximum atomic E-state index is 12.9. The normalized spacial score (nSPS) is 10.9. The number of hydrogen-bond donors (Lipinski definition) is 1. The van der Waals surface area contributed by atoms with Crippen LogP contribution in [0.4, 0.5) is 4.39 Å². The molecule has 0 radical (unpaired) electrons. The Hall–Kier alpha value is -1.26. The first-order chi connectivity index (χ1) is 9.79. The monoisotopic (exact) mass is 292 g/mol. The average molecular weight is 292 g/mol. The number of nitrogens with zero attached hydrogens (tertiary/aromatic N) is 1. The summed E-state index contributed by atoms with van der Waals surface area (Å²) in [7, 11) is 0. The van der Waals surface area contributed by atoms with Gasteiger partial charge in [-0.25, -0.2) is 9.37 Å². The summed E-state index contributed by atoms with van der Waals surface area (Å²) in [5.41, 5.74) is 2.04. The molecule has 0 unspecified atom stereocenters. The fraction of sp³-hybridized carbons (Fsp3) is 0.438. The van der Waals surface area contributed by atoms with E-state index in [1.54, 1.807) is 23.5 Å². The summed E-state index contributed by atoms with van der Waals surface area (Å²) in [6.07, 6.45) is 5.10. The molecular weight excluding hydrogens is 271 g/mol. The molecule has 0 saturated carbocycles. The van der Waals surface area contributed by atoms with Crippen molar-refractivity contribution < 1.29 is 4.39 Å². The van der Waals surface area contributed by atoms with Crippen LogP contribution in [0.15, 0.2) is 29.6 Å². The fourth-order valence-electron chi connectivity index (χ4n) is 2.01. The van der Waals surface area contributed by atoms with Crippen molar-refractivity contribution in [1.29, 1.82) is 0 Å². The van der Waals surface area contributed by atoms with Gasteiger partial charge in [-0.05, 0) is 37.2 Å². The van der Waals surface area contributed by atoms with Gasteiger partial charge in [-0.3, -0.25) is 0 Å². The average Bonchev–Trinajstić information content (AvgIpc) is 2.92. The van der Waals surface area contributed by atoms with Crippen LogP contribution in [-0.2, 0) is 6.54 Å². The lowest BCUT2D eigenvalue weighted by Gasteiger charge is -2.02. The van der Waals surface area contributed by atoms with E-state index in [9.17, 15) is 4.39 Å². The predicted octanol–water partition coefficient (Wildman–Crippen LogP) is 4.62. The van der Waals surface area contributed by atoms with E-state index in [1.807, 2.05) is 0 Å². The van der Waals surface area contributed by atoms with Gasteiger partial charge in [0.05, 0.1) is 5.69 Å². The van der Waals surface area contributed by atoms with Gasteiger partial charge in [0.25, 0.3) is 0 Å². The molecule has 2 nitrogen and oxygen atoms in total. The zero-order valence-electron chi connectivity index (χ0n) is 11.9. The quantitative estimate of drug-likeness (QED) is 0.718. The SMILES string of the molecule is CCCCCCNCc1csc(-c2ccc(F)cc2)n1. The molecule has 1 heterocycles. The van der Waals surface area contributed by atoms with Crippen molar-refractivity contribution in [3.8, 4) is 10.6 Å². The maximum absolute atomic E-state index is 12.9. The lowest BCUT2D eigenvalue weighted by molar-refractivity contribution is 0.594. The van der Waals surface area contributed by atoms with Gasteiger partial charge in [-0.1, -0.05) is 26.2 Å². The van der Waals surface area contributed by atoms with E-state index in [1.165, 1.54) is 37.8 Å². The molecule has 0 atom stereocenters. The highest BCUT2D eigenvalue weighted by Gasteiger charge is 2.04. The number of hydrogen-bond acceptors (Lipinski definition) is 3. The minimum absolute atomic E-state index is 0.209. The molecule has 0 fully saturated rings. The Morgan fingerprint density at radius 2 is 1.95 bits per heavy atom. The smallest absolute Gasteiger partial charge is 0.123 e. The number of rotatable bonds is 8. The Morgan fingerprint density at radius 1 is 1.15 bits per heavy atom. The highest BCUT2D eigenvalue weighted by molar-refractivity contribution is 7.13. The molecule has 1 N–H and O–H groups in total. The number of aromatic nitrogens is 1. The number of halogens is 1.